The van der Waals surface area contributed by atoms with Crippen LogP contribution in [0, 0.1) is 0 Å². The summed E-state index contributed by atoms with van der Waals surface area (Å²) in [6.07, 6.45) is 1.79. The van der Waals surface area contributed by atoms with Crippen LogP contribution in [0.2, 0.25) is 0 Å². The first kappa shape index (κ1) is 14.6. The van der Waals surface area contributed by atoms with Gasteiger partial charge in [-0.15, -0.1) is 5.10 Å². The van der Waals surface area contributed by atoms with E-state index >= 15 is 0 Å². The number of aromatic nitrogens is 3. The zero-order valence-corrected chi connectivity index (χ0v) is 11.9. The number of nitrogens with one attached hydrogen (secondary N) is 2. The molecule has 0 aromatic carbocycles. The molecule has 0 saturated heterocycles. The molecule has 0 aliphatic carbocycles. The molecule has 0 radical (unpaired) electrons. The van der Waals surface area contributed by atoms with E-state index in [9.17, 15) is 4.79 Å². The molecule has 1 aromatic heterocycles. The first-order valence-corrected chi connectivity index (χ1v) is 6.23. The van der Waals surface area contributed by atoms with E-state index in [0.29, 0.717) is 6.54 Å². The van der Waals surface area contributed by atoms with Crippen LogP contribution in [0.5, 0.6) is 0 Å². The molecule has 0 saturated carbocycles. The first-order valence-electron chi connectivity index (χ1n) is 6.23. The van der Waals surface area contributed by atoms with E-state index in [2.05, 4.69) is 46.2 Å². The van der Waals surface area contributed by atoms with E-state index in [1.54, 1.807) is 0 Å². The summed E-state index contributed by atoms with van der Waals surface area (Å²) in [6, 6.07) is 0. The number of aromatic amines is 1. The number of carbonyl (C=O) groups excluding carboxylic acids is 1. The Hall–Kier alpha value is -1.43. The molecule has 2 N–H and O–H groups in total. The zero-order chi connectivity index (χ0) is 13.8. The van der Waals surface area contributed by atoms with Gasteiger partial charge in [0.2, 0.25) is 5.82 Å². The molecule has 0 bridgehead atoms. The van der Waals surface area contributed by atoms with Crippen molar-refractivity contribution in [3.8, 4) is 0 Å². The lowest BCUT2D eigenvalue weighted by Gasteiger charge is -2.32. The maximum Gasteiger partial charge on any atom is 0.291 e. The number of hydrogen-bond acceptors (Lipinski definition) is 4. The Morgan fingerprint density at radius 2 is 2.11 bits per heavy atom. The summed E-state index contributed by atoms with van der Waals surface area (Å²) in [6.45, 7) is 6.74. The van der Waals surface area contributed by atoms with Crippen molar-refractivity contribution in [2.45, 2.75) is 39.2 Å². The van der Waals surface area contributed by atoms with Crippen molar-refractivity contribution in [1.82, 2.24) is 25.4 Å². The predicted molar refractivity (Wildman–Crippen MR) is 70.5 cm³/mol. The summed E-state index contributed by atoms with van der Waals surface area (Å²) in [5.74, 6) is 0.742. The Morgan fingerprint density at radius 1 is 1.44 bits per heavy atom. The first-order chi connectivity index (χ1) is 8.36. The second kappa shape index (κ2) is 5.95. The Bertz CT molecular complexity index is 397. The molecule has 6 nitrogen and oxygen atoms in total. The molecule has 18 heavy (non-hydrogen) atoms. The van der Waals surface area contributed by atoms with E-state index in [1.807, 2.05) is 14.1 Å². The number of hydrogen-bond donors (Lipinski definition) is 2. The normalized spacial score (nSPS) is 11.9. The fourth-order valence-corrected chi connectivity index (χ4v) is 1.28. The molecule has 0 aliphatic heterocycles. The van der Waals surface area contributed by atoms with Crippen molar-refractivity contribution in [3.05, 3.63) is 11.6 Å². The largest absolute Gasteiger partial charge is 0.347 e. The average molecular weight is 253 g/mol. The number of aryl methyl sites for hydroxylation is 1. The summed E-state index contributed by atoms with van der Waals surface area (Å²) < 4.78 is 0. The van der Waals surface area contributed by atoms with Gasteiger partial charge in [0.1, 0.15) is 5.82 Å². The second-order valence-corrected chi connectivity index (χ2v) is 5.25. The summed E-state index contributed by atoms with van der Waals surface area (Å²) in [7, 11) is 3.97. The minimum atomic E-state index is -0.233. The molecule has 0 fully saturated rings. The van der Waals surface area contributed by atoms with Crippen LogP contribution in [0.25, 0.3) is 0 Å². The van der Waals surface area contributed by atoms with Gasteiger partial charge in [0, 0.05) is 18.5 Å². The Morgan fingerprint density at radius 3 is 2.67 bits per heavy atom. The van der Waals surface area contributed by atoms with E-state index in [1.165, 1.54) is 0 Å². The number of likely N-dealkylation sites (N-methyl/N-ethyl adjacent to an activating group) is 1. The summed E-state index contributed by atoms with van der Waals surface area (Å²) >= 11 is 0. The fourth-order valence-electron chi connectivity index (χ4n) is 1.28. The fraction of sp³-hybridized carbons (Fsp3) is 0.750. The average Bonchev–Trinajstić information content (AvgIpc) is 2.75. The molecule has 0 aliphatic rings. The van der Waals surface area contributed by atoms with Crippen molar-refractivity contribution < 1.29 is 4.79 Å². The number of amides is 1. The lowest BCUT2D eigenvalue weighted by atomic mass is 10.0. The highest BCUT2D eigenvalue weighted by atomic mass is 16.2. The van der Waals surface area contributed by atoms with E-state index in [-0.39, 0.29) is 17.3 Å². The molecule has 1 rings (SSSR count). The lowest BCUT2D eigenvalue weighted by molar-refractivity contribution is 0.0909. The summed E-state index contributed by atoms with van der Waals surface area (Å²) in [4.78, 5) is 18.1. The van der Waals surface area contributed by atoms with Gasteiger partial charge < -0.3 is 10.2 Å². The van der Waals surface area contributed by atoms with Gasteiger partial charge in [-0.05, 0) is 34.4 Å². The van der Waals surface area contributed by atoms with Crippen LogP contribution >= 0.6 is 0 Å². The number of nitrogens with zero attached hydrogens (tertiary/aromatic N) is 3. The number of H-pyrrole nitrogens is 1. The highest BCUT2D eigenvalue weighted by molar-refractivity contribution is 5.90. The van der Waals surface area contributed by atoms with Gasteiger partial charge in [-0.2, -0.15) is 0 Å². The second-order valence-electron chi connectivity index (χ2n) is 5.25. The maximum atomic E-state index is 11.9. The van der Waals surface area contributed by atoms with Gasteiger partial charge in [-0.3, -0.25) is 9.89 Å². The van der Waals surface area contributed by atoms with Crippen molar-refractivity contribution >= 4 is 5.91 Å². The minimum absolute atomic E-state index is 0.0990. The van der Waals surface area contributed by atoms with Crippen LogP contribution in [0.15, 0.2) is 0 Å². The molecule has 0 unspecified atom stereocenters. The molecular formula is C12H23N5O. The molecule has 1 heterocycles. The van der Waals surface area contributed by atoms with Gasteiger partial charge in [0.25, 0.3) is 5.91 Å². The van der Waals surface area contributed by atoms with Crippen LogP contribution in [0.3, 0.4) is 0 Å². The maximum absolute atomic E-state index is 11.9. The molecular weight excluding hydrogens is 230 g/mol. The van der Waals surface area contributed by atoms with E-state index < -0.39 is 0 Å². The molecule has 1 amide bonds. The monoisotopic (exact) mass is 253 g/mol. The third-order valence-electron chi connectivity index (χ3n) is 3.11. The van der Waals surface area contributed by atoms with E-state index in [4.69, 9.17) is 0 Å². The molecule has 0 atom stereocenters. The van der Waals surface area contributed by atoms with Gasteiger partial charge >= 0.3 is 0 Å². The topological polar surface area (TPSA) is 73.9 Å². The highest BCUT2D eigenvalue weighted by Gasteiger charge is 2.22. The SMILES string of the molecule is CCCc1nc(C(=O)NCC(C)(C)N(C)C)n[nH]1. The summed E-state index contributed by atoms with van der Waals surface area (Å²) in [5.41, 5.74) is -0.0990. The molecule has 6 heteroatoms. The van der Waals surface area contributed by atoms with Crippen molar-refractivity contribution in [1.29, 1.82) is 0 Å². The van der Waals surface area contributed by atoms with Gasteiger partial charge in [0.05, 0.1) is 0 Å². The van der Waals surface area contributed by atoms with Gasteiger partial charge in [0.15, 0.2) is 0 Å². The predicted octanol–water partition coefficient (Wildman–Crippen LogP) is 0.827. The lowest BCUT2D eigenvalue weighted by Crippen LogP contribution is -2.48. The standard InChI is InChI=1S/C12H23N5O/c1-6-7-9-14-10(16-15-9)11(18)13-8-12(2,3)17(4)5/h6-8H2,1-5H3,(H,13,18)(H,14,15,16). The Labute approximate surface area is 108 Å². The molecule has 1 aromatic rings. The van der Waals surface area contributed by atoms with Crippen molar-refractivity contribution in [2.75, 3.05) is 20.6 Å². The summed E-state index contributed by atoms with van der Waals surface area (Å²) in [5, 5.41) is 9.54. The molecule has 0 spiro atoms. The van der Waals surface area contributed by atoms with Crippen LogP contribution in [0.1, 0.15) is 43.6 Å². The number of carbonyl (C=O) groups is 1. The van der Waals surface area contributed by atoms with Crippen molar-refractivity contribution in [3.63, 3.8) is 0 Å². The van der Waals surface area contributed by atoms with Crippen molar-refractivity contribution in [2.24, 2.45) is 0 Å². The third kappa shape index (κ3) is 3.80. The third-order valence-corrected chi connectivity index (χ3v) is 3.11. The van der Waals surface area contributed by atoms with E-state index in [0.717, 1.165) is 18.7 Å². The van der Waals surface area contributed by atoms with Crippen LogP contribution in [-0.2, 0) is 6.42 Å². The highest BCUT2D eigenvalue weighted by Crippen LogP contribution is 2.08. The minimum Gasteiger partial charge on any atom is -0.347 e. The quantitative estimate of drug-likeness (QED) is 0.787. The Kier molecular flexibility index (Phi) is 4.84. The van der Waals surface area contributed by atoms with Crippen LogP contribution < -0.4 is 5.32 Å². The smallest absolute Gasteiger partial charge is 0.291 e. The Balaban J connectivity index is 2.55. The number of rotatable bonds is 6. The van der Waals surface area contributed by atoms with Gasteiger partial charge in [-0.25, -0.2) is 4.98 Å². The van der Waals surface area contributed by atoms with Crippen LogP contribution in [-0.4, -0.2) is 52.2 Å². The molecule has 102 valence electrons. The van der Waals surface area contributed by atoms with Gasteiger partial charge in [-0.1, -0.05) is 6.92 Å². The van der Waals surface area contributed by atoms with Crippen LogP contribution in [0.4, 0.5) is 0 Å². The zero-order valence-electron chi connectivity index (χ0n) is 11.9.